The second kappa shape index (κ2) is 9.96. The van der Waals surface area contributed by atoms with Gasteiger partial charge in [-0.3, -0.25) is 0 Å². The summed E-state index contributed by atoms with van der Waals surface area (Å²) in [6.45, 7) is 0.640. The van der Waals surface area contributed by atoms with Gasteiger partial charge in [-0.25, -0.2) is 24.6 Å². The van der Waals surface area contributed by atoms with Crippen LogP contribution in [0.3, 0.4) is 0 Å². The van der Waals surface area contributed by atoms with E-state index < -0.39 is 0 Å². The highest BCUT2D eigenvalue weighted by atomic mass is 16.5. The Hall–Kier alpha value is -4.86. The van der Waals surface area contributed by atoms with Crippen LogP contribution in [0, 0.1) is 0 Å². The van der Waals surface area contributed by atoms with Crippen LogP contribution in [0.5, 0.6) is 5.75 Å². The van der Waals surface area contributed by atoms with Crippen LogP contribution in [0.2, 0.25) is 0 Å². The van der Waals surface area contributed by atoms with Crippen molar-refractivity contribution in [2.24, 2.45) is 0 Å². The summed E-state index contributed by atoms with van der Waals surface area (Å²) >= 11 is 0. The summed E-state index contributed by atoms with van der Waals surface area (Å²) in [5.74, 6) is 1.51. The van der Waals surface area contributed by atoms with Gasteiger partial charge in [-0.1, -0.05) is 30.3 Å². The number of para-hydroxylation sites is 1. The largest absolute Gasteiger partial charge is 0.496 e. The smallest absolute Gasteiger partial charge is 0.229 e. The third-order valence-corrected chi connectivity index (χ3v) is 5.43. The van der Waals surface area contributed by atoms with Crippen molar-refractivity contribution < 1.29 is 4.74 Å². The van der Waals surface area contributed by atoms with Crippen molar-refractivity contribution in [3.63, 3.8) is 0 Å². The maximum atomic E-state index is 6.44. The lowest BCUT2D eigenvalue weighted by Crippen LogP contribution is -2.08. The molecule has 0 saturated heterocycles. The van der Waals surface area contributed by atoms with Gasteiger partial charge in [-0.05, 0) is 23.8 Å². The fourth-order valence-electron chi connectivity index (χ4n) is 3.81. The van der Waals surface area contributed by atoms with Crippen molar-refractivity contribution in [1.82, 2.24) is 34.7 Å². The first kappa shape index (κ1) is 22.0. The molecular weight excluding hydrogens is 442 g/mol. The van der Waals surface area contributed by atoms with E-state index in [9.17, 15) is 0 Å². The number of nitrogens with two attached hydrogens (primary N) is 1. The quantitative estimate of drug-likeness (QED) is 0.354. The second-order valence-corrected chi connectivity index (χ2v) is 7.78. The molecule has 0 spiro atoms. The molecule has 0 radical (unpaired) electrons. The maximum Gasteiger partial charge on any atom is 0.229 e. The molecule has 174 valence electrons. The highest BCUT2D eigenvalue weighted by molar-refractivity contribution is 5.77. The fraction of sp³-hybridized carbons (Fsp3) is 0.120. The van der Waals surface area contributed by atoms with Gasteiger partial charge in [-0.2, -0.15) is 10.1 Å². The second-order valence-electron chi connectivity index (χ2n) is 7.78. The van der Waals surface area contributed by atoms with Crippen LogP contribution in [0.25, 0.3) is 11.1 Å². The number of hydrogen-bond donors (Lipinski definition) is 2. The van der Waals surface area contributed by atoms with E-state index in [1.165, 1.54) is 12.7 Å². The normalized spacial score (nSPS) is 10.8. The number of methoxy groups -OCH3 is 1. The van der Waals surface area contributed by atoms with Gasteiger partial charge in [0.25, 0.3) is 0 Å². The number of rotatable bonds is 8. The Morgan fingerprint density at radius 2 is 1.74 bits per heavy atom. The molecule has 2 aromatic carbocycles. The molecule has 5 rings (SSSR count). The number of nitrogens with one attached hydrogen (secondary N) is 1. The predicted molar refractivity (Wildman–Crippen MR) is 132 cm³/mol. The number of aromatic nitrogens is 7. The van der Waals surface area contributed by atoms with Crippen molar-refractivity contribution in [2.45, 2.75) is 13.0 Å². The molecule has 0 unspecified atom stereocenters. The average Bonchev–Trinajstić information content (AvgIpc) is 3.39. The summed E-state index contributed by atoms with van der Waals surface area (Å²) in [6, 6.07) is 15.8. The van der Waals surface area contributed by atoms with Crippen LogP contribution in [0.15, 0.2) is 79.9 Å². The molecule has 0 aliphatic heterocycles. The Morgan fingerprint density at radius 1 is 0.943 bits per heavy atom. The molecule has 10 heteroatoms. The summed E-state index contributed by atoms with van der Waals surface area (Å²) in [4.78, 5) is 21.6. The SMILES string of the molecule is COc1ccccc1Cc1nc(Nc2ccc(Cn3cncn3)cc2)nc(N)c1-c1cncnc1. The highest BCUT2D eigenvalue weighted by Crippen LogP contribution is 2.32. The number of anilines is 3. The lowest BCUT2D eigenvalue weighted by atomic mass is 10.0. The molecule has 5 aromatic rings. The molecule has 0 aliphatic carbocycles. The van der Waals surface area contributed by atoms with E-state index in [1.54, 1.807) is 30.5 Å². The van der Waals surface area contributed by atoms with Crippen molar-refractivity contribution >= 4 is 17.5 Å². The van der Waals surface area contributed by atoms with Crippen LogP contribution in [-0.2, 0) is 13.0 Å². The molecule has 0 amide bonds. The molecule has 0 atom stereocenters. The number of hydrogen-bond acceptors (Lipinski definition) is 9. The van der Waals surface area contributed by atoms with Crippen LogP contribution >= 0.6 is 0 Å². The average molecular weight is 466 g/mol. The Morgan fingerprint density at radius 3 is 2.49 bits per heavy atom. The van der Waals surface area contributed by atoms with Crippen LogP contribution in [0.4, 0.5) is 17.5 Å². The van der Waals surface area contributed by atoms with Crippen molar-refractivity contribution in [1.29, 1.82) is 0 Å². The minimum Gasteiger partial charge on any atom is -0.496 e. The monoisotopic (exact) mass is 465 g/mol. The summed E-state index contributed by atoms with van der Waals surface area (Å²) < 4.78 is 7.31. The van der Waals surface area contributed by atoms with Gasteiger partial charge in [0.15, 0.2) is 0 Å². The zero-order valence-corrected chi connectivity index (χ0v) is 19.0. The minimum atomic E-state index is 0.338. The first-order chi connectivity index (χ1) is 17.2. The molecule has 0 aliphatic rings. The standard InChI is InChI=1S/C25H23N9O/c1-35-22-5-3-2-4-18(22)10-21-23(19-11-27-14-28-12-19)24(26)33-25(32-21)31-20-8-6-17(7-9-20)13-34-16-29-15-30-34/h2-9,11-12,14-16H,10,13H2,1H3,(H3,26,31,32,33). The van der Waals surface area contributed by atoms with Gasteiger partial charge < -0.3 is 15.8 Å². The van der Waals surface area contributed by atoms with E-state index in [4.69, 9.17) is 15.5 Å². The van der Waals surface area contributed by atoms with Crippen molar-refractivity contribution in [2.75, 3.05) is 18.2 Å². The van der Waals surface area contributed by atoms with Gasteiger partial charge in [-0.15, -0.1) is 0 Å². The lowest BCUT2D eigenvalue weighted by Gasteiger charge is -2.15. The fourth-order valence-corrected chi connectivity index (χ4v) is 3.81. The van der Waals surface area contributed by atoms with Crippen LogP contribution in [-0.4, -0.2) is 41.8 Å². The molecule has 0 fully saturated rings. The number of nitrogens with zero attached hydrogens (tertiary/aromatic N) is 7. The molecule has 0 saturated carbocycles. The third kappa shape index (κ3) is 5.06. The lowest BCUT2D eigenvalue weighted by molar-refractivity contribution is 0.410. The molecule has 35 heavy (non-hydrogen) atoms. The summed E-state index contributed by atoms with van der Waals surface area (Å²) in [5, 5.41) is 7.40. The van der Waals surface area contributed by atoms with E-state index in [0.29, 0.717) is 30.3 Å². The Labute approximate surface area is 201 Å². The Bertz CT molecular complexity index is 1410. The van der Waals surface area contributed by atoms with Gasteiger partial charge in [0.2, 0.25) is 5.95 Å². The highest BCUT2D eigenvalue weighted by Gasteiger charge is 2.17. The van der Waals surface area contributed by atoms with E-state index in [-0.39, 0.29) is 0 Å². The van der Waals surface area contributed by atoms with Crippen LogP contribution < -0.4 is 15.8 Å². The molecule has 10 nitrogen and oxygen atoms in total. The van der Waals surface area contributed by atoms with E-state index in [1.807, 2.05) is 48.5 Å². The van der Waals surface area contributed by atoms with Gasteiger partial charge >= 0.3 is 0 Å². The zero-order chi connectivity index (χ0) is 24.0. The molecular formula is C25H23N9O. The zero-order valence-electron chi connectivity index (χ0n) is 19.0. The first-order valence-electron chi connectivity index (χ1n) is 10.9. The van der Waals surface area contributed by atoms with E-state index in [2.05, 4.69) is 30.4 Å². The maximum absolute atomic E-state index is 6.44. The Balaban J connectivity index is 1.46. The third-order valence-electron chi connectivity index (χ3n) is 5.43. The molecule has 0 bridgehead atoms. The number of nitrogen functional groups attached to an aromatic ring is 1. The number of ether oxygens (including phenoxy) is 1. The Kier molecular flexibility index (Phi) is 6.25. The minimum absolute atomic E-state index is 0.338. The van der Waals surface area contributed by atoms with E-state index in [0.717, 1.165) is 33.8 Å². The molecule has 3 heterocycles. The van der Waals surface area contributed by atoms with Crippen molar-refractivity contribution in [3.05, 3.63) is 96.7 Å². The van der Waals surface area contributed by atoms with Crippen LogP contribution in [0.1, 0.15) is 16.8 Å². The van der Waals surface area contributed by atoms with Gasteiger partial charge in [0, 0.05) is 41.2 Å². The predicted octanol–water partition coefficient (Wildman–Crippen LogP) is 3.50. The van der Waals surface area contributed by atoms with Crippen molar-refractivity contribution in [3.8, 4) is 16.9 Å². The van der Waals surface area contributed by atoms with E-state index >= 15 is 0 Å². The number of benzene rings is 2. The summed E-state index contributed by atoms with van der Waals surface area (Å²) in [7, 11) is 1.65. The summed E-state index contributed by atoms with van der Waals surface area (Å²) in [6.07, 6.45) is 8.58. The van der Waals surface area contributed by atoms with Gasteiger partial charge in [0.1, 0.15) is 30.5 Å². The topological polar surface area (TPSA) is 130 Å². The first-order valence-corrected chi connectivity index (χ1v) is 10.9. The molecule has 3 aromatic heterocycles. The van der Waals surface area contributed by atoms with Gasteiger partial charge in [0.05, 0.1) is 19.3 Å². The summed E-state index contributed by atoms with van der Waals surface area (Å²) in [5.41, 5.74) is 11.5. The molecule has 3 N–H and O–H groups in total.